The Bertz CT molecular complexity index is 709. The molecule has 8 heteroatoms. The van der Waals surface area contributed by atoms with Crippen LogP contribution in [0.2, 0.25) is 0 Å². The van der Waals surface area contributed by atoms with Crippen molar-refractivity contribution in [3.8, 4) is 5.75 Å². The summed E-state index contributed by atoms with van der Waals surface area (Å²) in [6, 6.07) is 4.49. The minimum atomic E-state index is -3.64. The van der Waals surface area contributed by atoms with E-state index in [1.54, 1.807) is 13.1 Å². The Kier molecular flexibility index (Phi) is 4.70. The van der Waals surface area contributed by atoms with E-state index in [1.165, 1.54) is 20.7 Å². The van der Waals surface area contributed by atoms with Gasteiger partial charge in [-0.3, -0.25) is 0 Å². The van der Waals surface area contributed by atoms with Crippen LogP contribution in [0, 0.1) is 0 Å². The molecule has 0 fully saturated rings. The van der Waals surface area contributed by atoms with Crippen molar-refractivity contribution in [2.45, 2.75) is 32.9 Å². The van der Waals surface area contributed by atoms with Crippen LogP contribution in [-0.4, -0.2) is 53.8 Å². The van der Waals surface area contributed by atoms with E-state index in [2.05, 4.69) is 0 Å². The maximum atomic E-state index is 12.8. The molecule has 0 radical (unpaired) electrons. The summed E-state index contributed by atoms with van der Waals surface area (Å²) in [5.74, 6) is -0.626. The minimum Gasteiger partial charge on any atom is -0.492 e. The normalized spacial score (nSPS) is 16.6. The van der Waals surface area contributed by atoms with E-state index < -0.39 is 21.7 Å². The molecule has 1 N–H and O–H groups in total. The molecular weight excluding hydrogens is 320 g/mol. The third-order valence-electron chi connectivity index (χ3n) is 3.88. The molecule has 1 aliphatic rings. The molecule has 0 aromatic heterocycles. The molecular formula is C15H22N2O5S. The van der Waals surface area contributed by atoms with Gasteiger partial charge in [0.25, 0.3) is 10.2 Å². The number of nitrogens with zero attached hydrogens (tertiary/aromatic N) is 2. The maximum Gasteiger partial charge on any atom is 0.335 e. The largest absolute Gasteiger partial charge is 0.492 e. The van der Waals surface area contributed by atoms with Gasteiger partial charge in [0.1, 0.15) is 12.4 Å². The first-order valence-electron chi connectivity index (χ1n) is 7.26. The van der Waals surface area contributed by atoms with Gasteiger partial charge >= 0.3 is 5.97 Å². The van der Waals surface area contributed by atoms with Crippen molar-refractivity contribution in [3.63, 3.8) is 0 Å². The number of fused-ring (bicyclic) bond motifs is 1. The Labute approximate surface area is 136 Å². The fourth-order valence-corrected chi connectivity index (χ4v) is 3.84. The van der Waals surface area contributed by atoms with Gasteiger partial charge in [-0.05, 0) is 32.9 Å². The highest BCUT2D eigenvalue weighted by Gasteiger charge is 2.35. The Morgan fingerprint density at radius 3 is 2.57 bits per heavy atom. The van der Waals surface area contributed by atoms with E-state index in [9.17, 15) is 13.2 Å². The molecule has 2 rings (SSSR count). The number of carbonyl (C=O) groups is 1. The highest BCUT2D eigenvalue weighted by Crippen LogP contribution is 2.28. The number of carboxylic acid groups (broad SMARTS) is 1. The molecule has 0 amide bonds. The Balaban J connectivity index is 2.33. The molecule has 0 bridgehead atoms. The average Bonchev–Trinajstić information content (AvgIpc) is 2.67. The van der Waals surface area contributed by atoms with E-state index in [4.69, 9.17) is 9.84 Å². The van der Waals surface area contributed by atoms with E-state index in [0.717, 1.165) is 0 Å². The third kappa shape index (κ3) is 3.65. The van der Waals surface area contributed by atoms with Crippen LogP contribution in [0.5, 0.6) is 5.75 Å². The lowest BCUT2D eigenvalue weighted by Crippen LogP contribution is -2.50. The fraction of sp³-hybridized carbons (Fsp3) is 0.533. The molecule has 1 heterocycles. The number of hydrogen-bond donors (Lipinski definition) is 1. The van der Waals surface area contributed by atoms with Crippen molar-refractivity contribution in [1.29, 1.82) is 0 Å². The van der Waals surface area contributed by atoms with Crippen LogP contribution in [0.15, 0.2) is 18.2 Å². The van der Waals surface area contributed by atoms with Gasteiger partial charge in [-0.25, -0.2) is 4.79 Å². The first-order chi connectivity index (χ1) is 10.5. The second-order valence-corrected chi connectivity index (χ2v) is 8.42. The second kappa shape index (κ2) is 6.10. The molecule has 0 spiro atoms. The topological polar surface area (TPSA) is 87.2 Å². The number of hydrogen-bond acceptors (Lipinski definition) is 4. The Hall–Kier alpha value is -1.64. The molecule has 0 aliphatic carbocycles. The quantitative estimate of drug-likeness (QED) is 0.900. The Morgan fingerprint density at radius 1 is 1.35 bits per heavy atom. The summed E-state index contributed by atoms with van der Waals surface area (Å²) in [4.78, 5) is 11.0. The summed E-state index contributed by atoms with van der Waals surface area (Å²) in [6.45, 7) is 6.01. The highest BCUT2D eigenvalue weighted by atomic mass is 32.2. The van der Waals surface area contributed by atoms with E-state index in [1.807, 2.05) is 20.8 Å². The molecule has 0 saturated carbocycles. The molecule has 7 nitrogen and oxygen atoms in total. The number of benzene rings is 1. The van der Waals surface area contributed by atoms with E-state index >= 15 is 0 Å². The number of ether oxygens (including phenoxy) is 1. The van der Waals surface area contributed by atoms with Gasteiger partial charge in [0.2, 0.25) is 0 Å². The van der Waals surface area contributed by atoms with E-state index in [0.29, 0.717) is 11.3 Å². The third-order valence-corrected chi connectivity index (χ3v) is 6.08. The van der Waals surface area contributed by atoms with Crippen LogP contribution in [-0.2, 0) is 16.8 Å². The zero-order valence-electron chi connectivity index (χ0n) is 13.7. The average molecular weight is 342 g/mol. The van der Waals surface area contributed by atoms with Crippen molar-refractivity contribution >= 4 is 16.2 Å². The first-order valence-corrected chi connectivity index (χ1v) is 8.66. The van der Waals surface area contributed by atoms with Gasteiger partial charge in [0.05, 0.1) is 5.56 Å². The molecule has 0 saturated heterocycles. The Morgan fingerprint density at radius 2 is 2.00 bits per heavy atom. The zero-order valence-corrected chi connectivity index (χ0v) is 14.6. The molecule has 1 aromatic rings. The van der Waals surface area contributed by atoms with Gasteiger partial charge < -0.3 is 9.84 Å². The van der Waals surface area contributed by atoms with Crippen molar-refractivity contribution in [2.75, 3.05) is 20.2 Å². The van der Waals surface area contributed by atoms with Gasteiger partial charge in [-0.15, -0.1) is 0 Å². The van der Waals surface area contributed by atoms with Crippen molar-refractivity contribution < 1.29 is 23.1 Å². The lowest BCUT2D eigenvalue weighted by molar-refractivity contribution is 0.0696. The minimum absolute atomic E-state index is 0.117. The smallest absolute Gasteiger partial charge is 0.335 e. The van der Waals surface area contributed by atoms with Crippen molar-refractivity contribution in [3.05, 3.63) is 29.3 Å². The van der Waals surface area contributed by atoms with Crippen LogP contribution < -0.4 is 4.74 Å². The summed E-state index contributed by atoms with van der Waals surface area (Å²) >= 11 is 0. The van der Waals surface area contributed by atoms with Gasteiger partial charge in [0, 0.05) is 31.2 Å². The fourth-order valence-electron chi connectivity index (χ4n) is 2.20. The molecule has 1 aromatic carbocycles. The summed E-state index contributed by atoms with van der Waals surface area (Å²) in [5, 5.41) is 9.03. The van der Waals surface area contributed by atoms with Crippen LogP contribution in [0.25, 0.3) is 0 Å². The maximum absolute atomic E-state index is 12.8. The molecule has 1 aliphatic heterocycles. The lowest BCUT2D eigenvalue weighted by Gasteiger charge is -2.34. The number of aromatic carboxylic acids is 1. The summed E-state index contributed by atoms with van der Waals surface area (Å²) < 4.78 is 33.8. The van der Waals surface area contributed by atoms with Crippen LogP contribution in [0.3, 0.4) is 0 Å². The summed E-state index contributed by atoms with van der Waals surface area (Å²) in [6.07, 6.45) is 0. The molecule has 128 valence electrons. The highest BCUT2D eigenvalue weighted by molar-refractivity contribution is 7.86. The molecule has 0 unspecified atom stereocenters. The predicted molar refractivity (Wildman–Crippen MR) is 85.7 cm³/mol. The SMILES string of the molecule is CN(C(C)(C)C)S(=O)(=O)N1CCOc2cc(C(=O)O)ccc2C1. The number of carboxylic acids is 1. The standard InChI is InChI=1S/C15H22N2O5S/c1-15(2,3)16(4)23(20,21)17-7-8-22-13-9-11(14(18)19)5-6-12(13)10-17/h5-6,9H,7-8,10H2,1-4H3,(H,18,19). The first kappa shape index (κ1) is 17.7. The van der Waals surface area contributed by atoms with Crippen LogP contribution in [0.4, 0.5) is 0 Å². The monoisotopic (exact) mass is 342 g/mol. The van der Waals surface area contributed by atoms with Gasteiger partial charge in [-0.1, -0.05) is 6.07 Å². The van der Waals surface area contributed by atoms with Crippen molar-refractivity contribution in [2.24, 2.45) is 0 Å². The van der Waals surface area contributed by atoms with Crippen molar-refractivity contribution in [1.82, 2.24) is 8.61 Å². The lowest BCUT2D eigenvalue weighted by atomic mass is 10.1. The van der Waals surface area contributed by atoms with Crippen LogP contribution in [0.1, 0.15) is 36.7 Å². The predicted octanol–water partition coefficient (Wildman–Crippen LogP) is 1.55. The molecule has 23 heavy (non-hydrogen) atoms. The van der Waals surface area contributed by atoms with Crippen LogP contribution >= 0.6 is 0 Å². The zero-order chi connectivity index (χ0) is 17.4. The second-order valence-electron chi connectivity index (χ2n) is 6.46. The summed E-state index contributed by atoms with van der Waals surface area (Å²) in [5.41, 5.74) is 0.229. The number of rotatable bonds is 3. The van der Waals surface area contributed by atoms with Gasteiger partial charge in [-0.2, -0.15) is 17.0 Å². The molecule has 0 atom stereocenters. The van der Waals surface area contributed by atoms with E-state index in [-0.39, 0.29) is 25.3 Å². The summed E-state index contributed by atoms with van der Waals surface area (Å²) in [7, 11) is -2.09. The van der Waals surface area contributed by atoms with Gasteiger partial charge in [0.15, 0.2) is 0 Å².